The van der Waals surface area contributed by atoms with Crippen molar-refractivity contribution in [2.45, 2.75) is 18.4 Å². The van der Waals surface area contributed by atoms with Gasteiger partial charge in [0.25, 0.3) is 5.91 Å². The molecule has 2 amide bonds. The Hall–Kier alpha value is -0.880. The van der Waals surface area contributed by atoms with Crippen LogP contribution in [0.2, 0.25) is 0 Å². The number of nitrogens with one attached hydrogen (secondary N) is 1. The molecule has 6 heteroatoms. The van der Waals surface area contributed by atoms with Gasteiger partial charge in [-0.05, 0) is 6.42 Å². The Labute approximate surface area is 85.0 Å². The molecule has 76 valence electrons. The zero-order valence-corrected chi connectivity index (χ0v) is 8.26. The highest BCUT2D eigenvalue weighted by Gasteiger charge is 2.45. The molecule has 0 saturated carbocycles. The van der Waals surface area contributed by atoms with Crippen molar-refractivity contribution in [3.63, 3.8) is 0 Å². The molecule has 0 aliphatic carbocycles. The third kappa shape index (κ3) is 1.44. The molecular formula is C8H10N2O3S. The van der Waals surface area contributed by atoms with Crippen LogP contribution in [0.3, 0.4) is 0 Å². The van der Waals surface area contributed by atoms with Crippen molar-refractivity contribution in [3.05, 3.63) is 0 Å². The summed E-state index contributed by atoms with van der Waals surface area (Å²) in [5.74, 6) is -0.0369. The fourth-order valence-electron chi connectivity index (χ4n) is 1.57. The van der Waals surface area contributed by atoms with Crippen LogP contribution in [0, 0.1) is 0 Å². The van der Waals surface area contributed by atoms with E-state index in [1.54, 1.807) is 0 Å². The summed E-state index contributed by atoms with van der Waals surface area (Å²) in [7, 11) is 0. The largest absolute Gasteiger partial charge is 0.390 e. The summed E-state index contributed by atoms with van der Waals surface area (Å²) in [5, 5.41) is 11.7. The van der Waals surface area contributed by atoms with Crippen LogP contribution in [-0.2, 0) is 9.59 Å². The number of piperidine rings is 1. The Bertz CT molecular complexity index is 329. The van der Waals surface area contributed by atoms with E-state index in [4.69, 9.17) is 5.11 Å². The number of thioether (sulfide) groups is 1. The number of carbonyl (C=O) groups is 2. The lowest BCUT2D eigenvalue weighted by Gasteiger charge is -2.27. The topological polar surface area (TPSA) is 78.8 Å². The van der Waals surface area contributed by atoms with E-state index in [9.17, 15) is 9.59 Å². The van der Waals surface area contributed by atoms with Gasteiger partial charge in [-0.15, -0.1) is 11.8 Å². The molecule has 1 atom stereocenters. The van der Waals surface area contributed by atoms with E-state index in [1.807, 2.05) is 0 Å². The number of imide groups is 1. The van der Waals surface area contributed by atoms with Crippen LogP contribution >= 0.6 is 11.8 Å². The monoisotopic (exact) mass is 214 g/mol. The molecule has 0 aromatic heterocycles. The van der Waals surface area contributed by atoms with Gasteiger partial charge >= 0.3 is 0 Å². The van der Waals surface area contributed by atoms with E-state index in [1.165, 1.54) is 11.8 Å². The summed E-state index contributed by atoms with van der Waals surface area (Å²) in [6, 6.07) is 0. The van der Waals surface area contributed by atoms with E-state index in [2.05, 4.69) is 10.3 Å². The van der Waals surface area contributed by atoms with Gasteiger partial charge in [-0.1, -0.05) is 0 Å². The predicted molar refractivity (Wildman–Crippen MR) is 52.1 cm³/mol. The van der Waals surface area contributed by atoms with Gasteiger partial charge in [0, 0.05) is 12.2 Å². The number of rotatable bonds is 1. The fraction of sp³-hybridized carbons (Fsp3) is 0.625. The molecule has 1 spiro atoms. The van der Waals surface area contributed by atoms with Gasteiger partial charge in [-0.2, -0.15) is 0 Å². The van der Waals surface area contributed by atoms with Gasteiger partial charge in [0.15, 0.2) is 5.54 Å². The molecule has 5 nitrogen and oxygen atoms in total. The van der Waals surface area contributed by atoms with Crippen molar-refractivity contribution >= 4 is 28.6 Å². The van der Waals surface area contributed by atoms with Gasteiger partial charge in [0.05, 0.1) is 11.7 Å². The Morgan fingerprint density at radius 3 is 2.93 bits per heavy atom. The second kappa shape index (κ2) is 3.36. The van der Waals surface area contributed by atoms with Gasteiger partial charge in [-0.25, -0.2) is 0 Å². The van der Waals surface area contributed by atoms with E-state index < -0.39 is 5.54 Å². The third-order valence-corrected chi connectivity index (χ3v) is 3.57. The molecule has 2 heterocycles. The van der Waals surface area contributed by atoms with Gasteiger partial charge < -0.3 is 5.11 Å². The molecule has 2 aliphatic heterocycles. The Kier molecular flexibility index (Phi) is 2.32. The average Bonchev–Trinajstić information content (AvgIpc) is 2.58. The number of carbonyl (C=O) groups excluding carboxylic acids is 2. The van der Waals surface area contributed by atoms with Crippen LogP contribution in [0.1, 0.15) is 12.8 Å². The van der Waals surface area contributed by atoms with Crippen molar-refractivity contribution in [3.8, 4) is 0 Å². The van der Waals surface area contributed by atoms with Crippen LogP contribution < -0.4 is 5.32 Å². The third-order valence-electron chi connectivity index (χ3n) is 2.39. The molecule has 2 aliphatic rings. The maximum atomic E-state index is 11.6. The first-order valence-corrected chi connectivity index (χ1v) is 5.31. The van der Waals surface area contributed by atoms with E-state index in [0.717, 1.165) is 0 Å². The number of aliphatic imine (C=N–C) groups is 1. The zero-order chi connectivity index (χ0) is 10.2. The summed E-state index contributed by atoms with van der Waals surface area (Å²) < 4.78 is 0. The van der Waals surface area contributed by atoms with Crippen molar-refractivity contribution in [2.24, 2.45) is 4.99 Å². The first-order chi connectivity index (χ1) is 6.66. The van der Waals surface area contributed by atoms with E-state index in [0.29, 0.717) is 23.6 Å². The lowest BCUT2D eigenvalue weighted by Crippen LogP contribution is -2.52. The Balaban J connectivity index is 2.21. The first kappa shape index (κ1) is 9.67. The molecule has 2 N–H and O–H groups in total. The number of aliphatic hydroxyl groups excluding tert-OH is 1. The molecule has 0 bridgehead atoms. The SMILES string of the molecule is O=C1CC[C@]2(CSC(CO)=N2)C(=O)N1. The Morgan fingerprint density at radius 1 is 1.57 bits per heavy atom. The second-order valence-electron chi connectivity index (χ2n) is 3.36. The van der Waals surface area contributed by atoms with Crippen LogP contribution in [0.25, 0.3) is 0 Å². The summed E-state index contributed by atoms with van der Waals surface area (Å²) >= 11 is 1.38. The van der Waals surface area contributed by atoms with Gasteiger partial charge in [-0.3, -0.25) is 19.9 Å². The standard InChI is InChI=1S/C8H10N2O3S/c11-3-6-10-8(4-14-6)2-1-5(12)9-7(8)13/h11H,1-4H2,(H,9,12,13)/t8-/m0/s1. The van der Waals surface area contributed by atoms with Crippen LogP contribution in [0.15, 0.2) is 4.99 Å². The minimum atomic E-state index is -0.795. The molecule has 0 radical (unpaired) electrons. The quantitative estimate of drug-likeness (QED) is 0.566. The van der Waals surface area contributed by atoms with Crippen molar-refractivity contribution in [1.82, 2.24) is 5.32 Å². The molecule has 1 saturated heterocycles. The second-order valence-corrected chi connectivity index (χ2v) is 4.41. The number of hydrogen-bond acceptors (Lipinski definition) is 5. The molecule has 1 fully saturated rings. The number of amides is 2. The number of hydrogen-bond donors (Lipinski definition) is 2. The zero-order valence-electron chi connectivity index (χ0n) is 7.45. The fourth-order valence-corrected chi connectivity index (χ4v) is 2.65. The molecule has 14 heavy (non-hydrogen) atoms. The minimum Gasteiger partial charge on any atom is -0.390 e. The van der Waals surface area contributed by atoms with Crippen molar-refractivity contribution < 1.29 is 14.7 Å². The number of nitrogens with zero attached hydrogens (tertiary/aromatic N) is 1. The molecule has 0 aromatic rings. The molecular weight excluding hydrogens is 204 g/mol. The maximum Gasteiger partial charge on any atom is 0.255 e. The summed E-state index contributed by atoms with van der Waals surface area (Å²) in [4.78, 5) is 26.7. The average molecular weight is 214 g/mol. The van der Waals surface area contributed by atoms with E-state index >= 15 is 0 Å². The lowest BCUT2D eigenvalue weighted by atomic mass is 9.92. The number of aliphatic hydroxyl groups is 1. The first-order valence-electron chi connectivity index (χ1n) is 4.33. The molecule has 0 aromatic carbocycles. The van der Waals surface area contributed by atoms with E-state index in [-0.39, 0.29) is 18.4 Å². The van der Waals surface area contributed by atoms with Crippen LogP contribution in [-0.4, -0.2) is 39.9 Å². The summed E-state index contributed by atoms with van der Waals surface area (Å²) in [5.41, 5.74) is -0.795. The summed E-state index contributed by atoms with van der Waals surface area (Å²) in [6.07, 6.45) is 0.780. The van der Waals surface area contributed by atoms with Crippen LogP contribution in [0.4, 0.5) is 0 Å². The highest BCUT2D eigenvalue weighted by Crippen LogP contribution is 2.33. The van der Waals surface area contributed by atoms with Crippen molar-refractivity contribution in [2.75, 3.05) is 12.4 Å². The smallest absolute Gasteiger partial charge is 0.255 e. The normalized spacial score (nSPS) is 31.9. The maximum absolute atomic E-state index is 11.6. The van der Waals surface area contributed by atoms with Crippen LogP contribution in [0.5, 0.6) is 0 Å². The molecule has 0 unspecified atom stereocenters. The van der Waals surface area contributed by atoms with Gasteiger partial charge in [0.1, 0.15) is 0 Å². The Morgan fingerprint density at radius 2 is 2.36 bits per heavy atom. The summed E-state index contributed by atoms with van der Waals surface area (Å²) in [6.45, 7) is -0.131. The highest BCUT2D eigenvalue weighted by molar-refractivity contribution is 8.14. The highest BCUT2D eigenvalue weighted by atomic mass is 32.2. The van der Waals surface area contributed by atoms with Crippen molar-refractivity contribution in [1.29, 1.82) is 0 Å². The molecule has 2 rings (SSSR count). The predicted octanol–water partition coefficient (Wildman–Crippen LogP) is -0.701. The van der Waals surface area contributed by atoms with Gasteiger partial charge in [0.2, 0.25) is 5.91 Å². The minimum absolute atomic E-state index is 0.131. The lowest BCUT2D eigenvalue weighted by molar-refractivity contribution is -0.136.